The van der Waals surface area contributed by atoms with E-state index >= 15 is 0 Å². The lowest BCUT2D eigenvalue weighted by Crippen LogP contribution is -2.11. The van der Waals surface area contributed by atoms with E-state index < -0.39 is 15.8 Å². The second-order valence-electron chi connectivity index (χ2n) is 3.77. The first kappa shape index (κ1) is 14.5. The fourth-order valence-corrected chi connectivity index (χ4v) is 2.18. The van der Waals surface area contributed by atoms with E-state index in [9.17, 15) is 13.2 Å². The van der Waals surface area contributed by atoms with Crippen LogP contribution in [0, 0.1) is 0 Å². The Morgan fingerprint density at radius 1 is 1.39 bits per heavy atom. The van der Waals surface area contributed by atoms with E-state index in [-0.39, 0.29) is 23.7 Å². The van der Waals surface area contributed by atoms with Crippen molar-refractivity contribution in [3.63, 3.8) is 0 Å². The summed E-state index contributed by atoms with van der Waals surface area (Å²) >= 11 is 0. The molecule has 6 heteroatoms. The van der Waals surface area contributed by atoms with Gasteiger partial charge in [-0.25, -0.2) is 13.2 Å². The van der Waals surface area contributed by atoms with Crippen molar-refractivity contribution in [2.45, 2.75) is 13.3 Å². The zero-order valence-corrected chi connectivity index (χ0v) is 10.9. The topological polar surface area (TPSA) is 80.7 Å². The van der Waals surface area contributed by atoms with Crippen LogP contribution in [0.4, 0.5) is 0 Å². The Bertz CT molecular complexity index is 507. The van der Waals surface area contributed by atoms with Crippen LogP contribution in [-0.2, 0) is 9.84 Å². The SMILES string of the molecule is CCS(=O)(=O)CCCOc1cccc(C(=O)O)c1. The van der Waals surface area contributed by atoms with Gasteiger partial charge in [-0.05, 0) is 24.6 Å². The van der Waals surface area contributed by atoms with Crippen LogP contribution in [0.25, 0.3) is 0 Å². The van der Waals surface area contributed by atoms with Gasteiger partial charge in [-0.2, -0.15) is 0 Å². The molecule has 0 aliphatic rings. The summed E-state index contributed by atoms with van der Waals surface area (Å²) in [6.45, 7) is 1.86. The number of hydrogen-bond donors (Lipinski definition) is 1. The Hall–Kier alpha value is -1.56. The third kappa shape index (κ3) is 4.75. The van der Waals surface area contributed by atoms with Crippen LogP contribution in [0.5, 0.6) is 5.75 Å². The van der Waals surface area contributed by atoms with Gasteiger partial charge >= 0.3 is 5.97 Å². The molecule has 0 saturated heterocycles. The molecule has 0 bridgehead atoms. The second kappa shape index (κ2) is 6.39. The predicted molar refractivity (Wildman–Crippen MR) is 67.8 cm³/mol. The van der Waals surface area contributed by atoms with E-state index in [1.54, 1.807) is 19.1 Å². The Labute approximate surface area is 106 Å². The summed E-state index contributed by atoms with van der Waals surface area (Å²) in [7, 11) is -2.97. The number of ether oxygens (including phenoxy) is 1. The molecule has 100 valence electrons. The standard InChI is InChI=1S/C12H16O5S/c1-2-18(15,16)8-4-7-17-11-6-3-5-10(9-11)12(13)14/h3,5-6,9H,2,4,7-8H2,1H3,(H,13,14). The number of hydrogen-bond acceptors (Lipinski definition) is 4. The van der Waals surface area contributed by atoms with Crippen molar-refractivity contribution in [1.82, 2.24) is 0 Å². The molecule has 0 fully saturated rings. The maximum atomic E-state index is 11.2. The molecule has 0 spiro atoms. The van der Waals surface area contributed by atoms with Gasteiger partial charge in [0.2, 0.25) is 0 Å². The Kier molecular flexibility index (Phi) is 5.15. The van der Waals surface area contributed by atoms with Crippen LogP contribution in [0.3, 0.4) is 0 Å². The van der Waals surface area contributed by atoms with Crippen LogP contribution >= 0.6 is 0 Å². The summed E-state index contributed by atoms with van der Waals surface area (Å²) in [4.78, 5) is 10.7. The molecule has 0 radical (unpaired) electrons. The van der Waals surface area contributed by atoms with Gasteiger partial charge in [0.15, 0.2) is 0 Å². The zero-order valence-electron chi connectivity index (χ0n) is 10.1. The number of carbonyl (C=O) groups is 1. The summed E-state index contributed by atoms with van der Waals surface area (Å²) < 4.78 is 27.8. The van der Waals surface area contributed by atoms with Crippen LogP contribution in [-0.4, -0.2) is 37.6 Å². The fraction of sp³-hybridized carbons (Fsp3) is 0.417. The molecule has 18 heavy (non-hydrogen) atoms. The number of carboxylic acid groups (broad SMARTS) is 1. The zero-order chi connectivity index (χ0) is 13.6. The quantitative estimate of drug-likeness (QED) is 0.762. The minimum Gasteiger partial charge on any atom is -0.494 e. The molecule has 0 unspecified atom stereocenters. The lowest BCUT2D eigenvalue weighted by molar-refractivity contribution is 0.0696. The van der Waals surface area contributed by atoms with Crippen molar-refractivity contribution in [2.75, 3.05) is 18.1 Å². The average molecular weight is 272 g/mol. The number of aromatic carboxylic acids is 1. The maximum absolute atomic E-state index is 11.2. The molecule has 0 heterocycles. The van der Waals surface area contributed by atoms with Crippen molar-refractivity contribution in [3.05, 3.63) is 29.8 Å². The molecule has 0 aliphatic carbocycles. The monoisotopic (exact) mass is 272 g/mol. The van der Waals surface area contributed by atoms with Crippen molar-refractivity contribution < 1.29 is 23.1 Å². The number of sulfone groups is 1. The van der Waals surface area contributed by atoms with E-state index in [0.29, 0.717) is 12.2 Å². The molecule has 0 saturated carbocycles. The van der Waals surface area contributed by atoms with Crippen LogP contribution in [0.15, 0.2) is 24.3 Å². The van der Waals surface area contributed by atoms with Gasteiger partial charge in [0.25, 0.3) is 0 Å². The molecule has 5 nitrogen and oxygen atoms in total. The van der Waals surface area contributed by atoms with Gasteiger partial charge in [0.1, 0.15) is 15.6 Å². The highest BCUT2D eigenvalue weighted by Gasteiger charge is 2.07. The number of rotatable bonds is 7. The van der Waals surface area contributed by atoms with E-state index in [1.807, 2.05) is 0 Å². The van der Waals surface area contributed by atoms with Gasteiger partial charge in [-0.3, -0.25) is 0 Å². The number of benzene rings is 1. The van der Waals surface area contributed by atoms with E-state index in [0.717, 1.165) is 0 Å². The molecule has 0 aromatic heterocycles. The largest absolute Gasteiger partial charge is 0.494 e. The lowest BCUT2D eigenvalue weighted by atomic mass is 10.2. The van der Waals surface area contributed by atoms with Crippen molar-refractivity contribution in [1.29, 1.82) is 0 Å². The highest BCUT2D eigenvalue weighted by molar-refractivity contribution is 7.91. The third-order valence-corrected chi connectivity index (χ3v) is 4.18. The van der Waals surface area contributed by atoms with Crippen molar-refractivity contribution in [3.8, 4) is 5.75 Å². The van der Waals surface area contributed by atoms with Gasteiger partial charge in [-0.15, -0.1) is 0 Å². The number of carboxylic acids is 1. The summed E-state index contributed by atoms with van der Waals surface area (Å²) in [6.07, 6.45) is 0.396. The molecule has 0 atom stereocenters. The molecule has 1 N–H and O–H groups in total. The van der Waals surface area contributed by atoms with Crippen LogP contribution in [0.1, 0.15) is 23.7 Å². The normalized spacial score (nSPS) is 11.2. The highest BCUT2D eigenvalue weighted by atomic mass is 32.2. The first-order valence-electron chi connectivity index (χ1n) is 5.61. The molecule has 1 rings (SSSR count). The second-order valence-corrected chi connectivity index (χ2v) is 6.24. The maximum Gasteiger partial charge on any atom is 0.335 e. The lowest BCUT2D eigenvalue weighted by Gasteiger charge is -2.06. The van der Waals surface area contributed by atoms with E-state index in [1.165, 1.54) is 12.1 Å². The first-order chi connectivity index (χ1) is 8.44. The summed E-state index contributed by atoms with van der Waals surface area (Å²) in [5.74, 6) is -0.373. The van der Waals surface area contributed by atoms with Gasteiger partial charge in [-0.1, -0.05) is 13.0 Å². The molecular formula is C12H16O5S. The van der Waals surface area contributed by atoms with Gasteiger partial charge < -0.3 is 9.84 Å². The molecule has 1 aromatic carbocycles. The smallest absolute Gasteiger partial charge is 0.335 e. The van der Waals surface area contributed by atoms with Crippen LogP contribution < -0.4 is 4.74 Å². The minimum absolute atomic E-state index is 0.0854. The third-order valence-electron chi connectivity index (χ3n) is 2.39. The van der Waals surface area contributed by atoms with E-state index in [4.69, 9.17) is 9.84 Å². The molecular weight excluding hydrogens is 256 g/mol. The van der Waals surface area contributed by atoms with E-state index in [2.05, 4.69) is 0 Å². The predicted octanol–water partition coefficient (Wildman–Crippen LogP) is 1.59. The first-order valence-corrected chi connectivity index (χ1v) is 7.43. The Balaban J connectivity index is 2.45. The molecule has 1 aromatic rings. The summed E-state index contributed by atoms with van der Waals surface area (Å²) in [6, 6.07) is 6.11. The summed E-state index contributed by atoms with van der Waals surface area (Å²) in [5.41, 5.74) is 0.147. The fourth-order valence-electron chi connectivity index (χ4n) is 1.33. The Morgan fingerprint density at radius 3 is 2.72 bits per heavy atom. The van der Waals surface area contributed by atoms with Crippen LogP contribution in [0.2, 0.25) is 0 Å². The molecule has 0 amide bonds. The van der Waals surface area contributed by atoms with Gasteiger partial charge in [0.05, 0.1) is 17.9 Å². The highest BCUT2D eigenvalue weighted by Crippen LogP contribution is 2.13. The van der Waals surface area contributed by atoms with Crippen molar-refractivity contribution >= 4 is 15.8 Å². The molecule has 0 aliphatic heterocycles. The van der Waals surface area contributed by atoms with Gasteiger partial charge in [0, 0.05) is 5.75 Å². The Morgan fingerprint density at radius 2 is 2.11 bits per heavy atom. The minimum atomic E-state index is -2.97. The average Bonchev–Trinajstić information content (AvgIpc) is 2.35. The van der Waals surface area contributed by atoms with Crippen molar-refractivity contribution in [2.24, 2.45) is 0 Å². The summed E-state index contributed by atoms with van der Waals surface area (Å²) in [5, 5.41) is 8.78.